The third-order valence-corrected chi connectivity index (χ3v) is 6.57. The molecule has 1 aromatic carbocycles. The lowest BCUT2D eigenvalue weighted by Crippen LogP contribution is -2.10. The van der Waals surface area contributed by atoms with Crippen LogP contribution >= 0.6 is 0 Å². The SMILES string of the molecule is COc1cccn2nc(-c3cc4cccc(OCCn5cc(N)cn5)c4n3CC3CC3)c(C)c12. The number of aromatic nitrogens is 5. The van der Waals surface area contributed by atoms with E-state index in [0.717, 1.165) is 51.4 Å². The van der Waals surface area contributed by atoms with Gasteiger partial charge in [0.15, 0.2) is 0 Å². The van der Waals surface area contributed by atoms with Gasteiger partial charge in [-0.3, -0.25) is 4.68 Å². The summed E-state index contributed by atoms with van der Waals surface area (Å²) < 4.78 is 18.0. The maximum Gasteiger partial charge on any atom is 0.144 e. The van der Waals surface area contributed by atoms with Crippen LogP contribution in [0.3, 0.4) is 0 Å². The topological polar surface area (TPSA) is 84.5 Å². The van der Waals surface area contributed by atoms with Crippen molar-refractivity contribution in [1.29, 1.82) is 0 Å². The standard InChI is InChI=1S/C26H28N6O2/c1-17-24(29-32-10-4-7-22(33-2)25(17)32)21-13-19-5-3-6-23(26(19)31(21)15-18-8-9-18)34-12-11-30-16-20(27)14-28-30/h3-7,10,13-14,16,18H,8-9,11-12,15,27H2,1-2H3. The van der Waals surface area contributed by atoms with E-state index in [4.69, 9.17) is 20.3 Å². The zero-order valence-electron chi connectivity index (χ0n) is 19.4. The summed E-state index contributed by atoms with van der Waals surface area (Å²) in [6, 6.07) is 12.4. The van der Waals surface area contributed by atoms with Crippen molar-refractivity contribution in [1.82, 2.24) is 24.0 Å². The summed E-state index contributed by atoms with van der Waals surface area (Å²) >= 11 is 0. The lowest BCUT2D eigenvalue weighted by molar-refractivity contribution is 0.293. The Bertz CT molecular complexity index is 1490. The summed E-state index contributed by atoms with van der Waals surface area (Å²) in [7, 11) is 1.70. The molecule has 34 heavy (non-hydrogen) atoms. The Labute approximate surface area is 197 Å². The quantitative estimate of drug-likeness (QED) is 0.371. The Balaban J connectivity index is 1.43. The number of methoxy groups -OCH3 is 1. The van der Waals surface area contributed by atoms with Gasteiger partial charge >= 0.3 is 0 Å². The minimum Gasteiger partial charge on any atom is -0.494 e. The molecule has 0 aliphatic heterocycles. The van der Waals surface area contributed by atoms with Crippen LogP contribution < -0.4 is 15.2 Å². The van der Waals surface area contributed by atoms with Gasteiger partial charge in [-0.25, -0.2) is 4.52 Å². The van der Waals surface area contributed by atoms with Crippen molar-refractivity contribution >= 4 is 22.1 Å². The fourth-order valence-electron chi connectivity index (χ4n) is 4.72. The molecule has 8 heteroatoms. The first-order valence-corrected chi connectivity index (χ1v) is 11.7. The minimum absolute atomic E-state index is 0.509. The molecule has 1 saturated carbocycles. The molecular weight excluding hydrogens is 428 g/mol. The molecule has 0 radical (unpaired) electrons. The number of nitrogen functional groups attached to an aromatic ring is 1. The molecule has 2 N–H and O–H groups in total. The average molecular weight is 457 g/mol. The van der Waals surface area contributed by atoms with E-state index in [0.29, 0.717) is 24.8 Å². The molecule has 0 unspecified atom stereocenters. The van der Waals surface area contributed by atoms with Gasteiger partial charge in [-0.05, 0) is 49.9 Å². The van der Waals surface area contributed by atoms with Crippen molar-refractivity contribution in [2.24, 2.45) is 5.92 Å². The van der Waals surface area contributed by atoms with Gasteiger partial charge in [-0.15, -0.1) is 0 Å². The molecule has 0 bridgehead atoms. The van der Waals surface area contributed by atoms with Crippen LogP contribution in [-0.4, -0.2) is 37.7 Å². The highest BCUT2D eigenvalue weighted by atomic mass is 16.5. The third kappa shape index (κ3) is 3.55. The van der Waals surface area contributed by atoms with Crippen LogP contribution in [0.1, 0.15) is 18.4 Å². The second-order valence-corrected chi connectivity index (χ2v) is 9.01. The lowest BCUT2D eigenvalue weighted by atomic mass is 10.1. The number of nitrogens with zero attached hydrogens (tertiary/aromatic N) is 5. The van der Waals surface area contributed by atoms with Gasteiger partial charge in [0, 0.05) is 29.9 Å². The van der Waals surface area contributed by atoms with Crippen molar-refractivity contribution in [3.8, 4) is 22.9 Å². The number of benzene rings is 1. The average Bonchev–Trinajstić information content (AvgIpc) is 3.30. The predicted octanol–water partition coefficient (Wildman–Crippen LogP) is 4.54. The van der Waals surface area contributed by atoms with Crippen molar-refractivity contribution < 1.29 is 9.47 Å². The van der Waals surface area contributed by atoms with Crippen molar-refractivity contribution in [3.63, 3.8) is 0 Å². The van der Waals surface area contributed by atoms with Gasteiger partial charge in [0.05, 0.1) is 36.7 Å². The van der Waals surface area contributed by atoms with Crippen LogP contribution in [0.4, 0.5) is 5.69 Å². The van der Waals surface area contributed by atoms with E-state index < -0.39 is 0 Å². The first-order valence-electron chi connectivity index (χ1n) is 11.7. The number of anilines is 1. The van der Waals surface area contributed by atoms with E-state index in [-0.39, 0.29) is 0 Å². The van der Waals surface area contributed by atoms with Crippen LogP contribution in [0, 0.1) is 12.8 Å². The highest BCUT2D eigenvalue weighted by molar-refractivity contribution is 5.92. The summed E-state index contributed by atoms with van der Waals surface area (Å²) in [4.78, 5) is 0. The smallest absolute Gasteiger partial charge is 0.144 e. The molecule has 0 spiro atoms. The predicted molar refractivity (Wildman–Crippen MR) is 132 cm³/mol. The monoisotopic (exact) mass is 456 g/mol. The van der Waals surface area contributed by atoms with E-state index in [1.165, 1.54) is 12.8 Å². The molecule has 4 aromatic heterocycles. The number of hydrogen-bond donors (Lipinski definition) is 1. The molecule has 0 amide bonds. The van der Waals surface area contributed by atoms with E-state index >= 15 is 0 Å². The maximum absolute atomic E-state index is 6.28. The van der Waals surface area contributed by atoms with Gasteiger partial charge in [0.1, 0.15) is 29.3 Å². The fourth-order valence-corrected chi connectivity index (χ4v) is 4.72. The summed E-state index contributed by atoms with van der Waals surface area (Å²) in [5, 5.41) is 10.4. The van der Waals surface area contributed by atoms with Crippen molar-refractivity contribution in [2.45, 2.75) is 32.9 Å². The number of aryl methyl sites for hydroxylation is 1. The van der Waals surface area contributed by atoms with Gasteiger partial charge < -0.3 is 19.8 Å². The van der Waals surface area contributed by atoms with Gasteiger partial charge in [-0.2, -0.15) is 10.2 Å². The van der Waals surface area contributed by atoms with E-state index in [1.54, 1.807) is 18.0 Å². The van der Waals surface area contributed by atoms with Gasteiger partial charge in [0.2, 0.25) is 0 Å². The third-order valence-electron chi connectivity index (χ3n) is 6.57. The van der Waals surface area contributed by atoms with Crippen LogP contribution in [0.15, 0.2) is 55.0 Å². The molecule has 5 aromatic rings. The van der Waals surface area contributed by atoms with Crippen LogP contribution in [0.2, 0.25) is 0 Å². The Morgan fingerprint density at radius 1 is 1.12 bits per heavy atom. The summed E-state index contributed by atoms with van der Waals surface area (Å²) in [5.41, 5.74) is 11.7. The molecule has 1 aliphatic carbocycles. The van der Waals surface area contributed by atoms with Crippen LogP contribution in [-0.2, 0) is 13.1 Å². The second-order valence-electron chi connectivity index (χ2n) is 9.01. The Kier molecular flexibility index (Phi) is 4.94. The maximum atomic E-state index is 6.28. The number of rotatable bonds is 8. The molecule has 6 rings (SSSR count). The Morgan fingerprint density at radius 3 is 2.74 bits per heavy atom. The molecule has 1 aliphatic rings. The van der Waals surface area contributed by atoms with Crippen LogP contribution in [0.5, 0.6) is 11.5 Å². The molecular formula is C26H28N6O2. The normalized spacial score (nSPS) is 13.7. The number of para-hydroxylation sites is 1. The van der Waals surface area contributed by atoms with E-state index in [2.05, 4.69) is 28.7 Å². The number of hydrogen-bond acceptors (Lipinski definition) is 5. The molecule has 0 saturated heterocycles. The minimum atomic E-state index is 0.509. The highest BCUT2D eigenvalue weighted by Gasteiger charge is 2.27. The second kappa shape index (κ2) is 8.13. The fraction of sp³-hybridized carbons (Fsp3) is 0.308. The molecule has 174 valence electrons. The molecule has 0 atom stereocenters. The first kappa shape index (κ1) is 20.7. The van der Waals surface area contributed by atoms with Gasteiger partial charge in [-0.1, -0.05) is 12.1 Å². The van der Waals surface area contributed by atoms with E-state index in [1.807, 2.05) is 41.2 Å². The Morgan fingerprint density at radius 2 is 1.97 bits per heavy atom. The van der Waals surface area contributed by atoms with Crippen molar-refractivity contribution in [2.75, 3.05) is 19.5 Å². The molecule has 8 nitrogen and oxygen atoms in total. The largest absolute Gasteiger partial charge is 0.494 e. The number of pyridine rings is 1. The highest BCUT2D eigenvalue weighted by Crippen LogP contribution is 2.40. The zero-order chi connectivity index (χ0) is 23.2. The lowest BCUT2D eigenvalue weighted by Gasteiger charge is -2.13. The summed E-state index contributed by atoms with van der Waals surface area (Å²) in [6.07, 6.45) is 7.97. The first-order chi connectivity index (χ1) is 16.6. The Hall–Kier alpha value is -3.94. The molecule has 1 fully saturated rings. The number of ether oxygens (including phenoxy) is 2. The van der Waals surface area contributed by atoms with E-state index in [9.17, 15) is 0 Å². The van der Waals surface area contributed by atoms with Crippen LogP contribution in [0.25, 0.3) is 27.8 Å². The summed E-state index contributed by atoms with van der Waals surface area (Å²) in [5.74, 6) is 2.40. The van der Waals surface area contributed by atoms with Gasteiger partial charge in [0.25, 0.3) is 0 Å². The zero-order valence-corrected chi connectivity index (χ0v) is 19.4. The number of fused-ring (bicyclic) bond motifs is 2. The summed E-state index contributed by atoms with van der Waals surface area (Å²) in [6.45, 7) is 4.22. The van der Waals surface area contributed by atoms with Crippen molar-refractivity contribution in [3.05, 3.63) is 60.6 Å². The molecule has 4 heterocycles. The number of nitrogens with two attached hydrogens (primary N) is 1.